The van der Waals surface area contributed by atoms with Crippen molar-refractivity contribution in [2.24, 2.45) is 5.92 Å². The highest BCUT2D eigenvalue weighted by molar-refractivity contribution is 7.12. The van der Waals surface area contributed by atoms with Gasteiger partial charge < -0.3 is 9.64 Å². The molecule has 6 heteroatoms. The van der Waals surface area contributed by atoms with Crippen molar-refractivity contribution in [3.63, 3.8) is 0 Å². The standard InChI is InChI=1S/C16H22N2O3S/c19-15(14-7-4-10-22-14)17-16(20)21-11-12-5-3-9-18-8-2-1-6-13(12)18/h4,7,10,12-13H,1-3,5-6,8-9,11H2,(H,17,19,20)/p+1/t12-,13+/m0/s1. The van der Waals surface area contributed by atoms with E-state index >= 15 is 0 Å². The molecule has 0 saturated carbocycles. The number of thiophene rings is 1. The molecule has 0 spiro atoms. The molecule has 2 fully saturated rings. The number of alkyl carbamates (subject to hydrolysis) is 1. The maximum Gasteiger partial charge on any atom is 0.414 e. The molecule has 0 radical (unpaired) electrons. The van der Waals surface area contributed by atoms with Crippen LogP contribution in [0.5, 0.6) is 0 Å². The minimum absolute atomic E-state index is 0.381. The van der Waals surface area contributed by atoms with Gasteiger partial charge in [0, 0.05) is 5.92 Å². The van der Waals surface area contributed by atoms with Crippen LogP contribution in [0.25, 0.3) is 0 Å². The van der Waals surface area contributed by atoms with Crippen molar-refractivity contribution in [1.29, 1.82) is 0 Å². The predicted molar refractivity (Wildman–Crippen MR) is 84.2 cm³/mol. The van der Waals surface area contributed by atoms with Crippen LogP contribution in [0.4, 0.5) is 4.79 Å². The van der Waals surface area contributed by atoms with Gasteiger partial charge in [-0.3, -0.25) is 10.1 Å². The summed E-state index contributed by atoms with van der Waals surface area (Å²) in [5.74, 6) is 0.0557. The molecule has 3 atom stereocenters. The second-order valence-corrected chi connectivity index (χ2v) is 7.14. The first-order valence-corrected chi connectivity index (χ1v) is 8.98. The molecule has 0 bridgehead atoms. The third-order valence-electron chi connectivity index (χ3n) is 4.82. The molecule has 3 rings (SSSR count). The Kier molecular flexibility index (Phi) is 5.10. The van der Waals surface area contributed by atoms with Gasteiger partial charge in [-0.25, -0.2) is 4.79 Å². The van der Waals surface area contributed by atoms with Gasteiger partial charge in [0.25, 0.3) is 5.91 Å². The van der Waals surface area contributed by atoms with E-state index in [2.05, 4.69) is 5.32 Å². The van der Waals surface area contributed by atoms with E-state index in [0.717, 1.165) is 6.42 Å². The van der Waals surface area contributed by atoms with E-state index in [9.17, 15) is 9.59 Å². The molecule has 0 aromatic carbocycles. The quantitative estimate of drug-likeness (QED) is 0.885. The number of rotatable bonds is 3. The van der Waals surface area contributed by atoms with Crippen molar-refractivity contribution < 1.29 is 19.2 Å². The number of ether oxygens (including phenoxy) is 1. The molecule has 2 amide bonds. The number of quaternary nitrogens is 1. The molecule has 2 N–H and O–H groups in total. The molecule has 22 heavy (non-hydrogen) atoms. The van der Waals surface area contributed by atoms with E-state index < -0.39 is 6.09 Å². The topological polar surface area (TPSA) is 59.8 Å². The zero-order chi connectivity index (χ0) is 15.4. The summed E-state index contributed by atoms with van der Waals surface area (Å²) in [6.07, 6.45) is 5.54. The molecule has 1 aromatic rings. The second-order valence-electron chi connectivity index (χ2n) is 6.19. The number of carbonyl (C=O) groups excluding carboxylic acids is 2. The summed E-state index contributed by atoms with van der Waals surface area (Å²) in [4.78, 5) is 25.8. The van der Waals surface area contributed by atoms with Crippen LogP contribution < -0.4 is 10.2 Å². The van der Waals surface area contributed by atoms with Gasteiger partial charge in [-0.1, -0.05) is 6.07 Å². The lowest BCUT2D eigenvalue weighted by molar-refractivity contribution is -0.940. The van der Waals surface area contributed by atoms with Gasteiger partial charge in [0.2, 0.25) is 0 Å². The molecule has 2 aliphatic heterocycles. The summed E-state index contributed by atoms with van der Waals surface area (Å²) in [6, 6.07) is 4.11. The summed E-state index contributed by atoms with van der Waals surface area (Å²) in [5, 5.41) is 4.11. The number of hydrogen-bond acceptors (Lipinski definition) is 4. The lowest BCUT2D eigenvalue weighted by atomic mass is 9.84. The molecule has 1 aromatic heterocycles. The van der Waals surface area contributed by atoms with E-state index in [4.69, 9.17) is 4.74 Å². The van der Waals surface area contributed by atoms with Gasteiger partial charge in [-0.2, -0.15) is 0 Å². The Morgan fingerprint density at radius 3 is 2.95 bits per heavy atom. The summed E-state index contributed by atoms with van der Waals surface area (Å²) in [6.45, 7) is 2.94. The largest absolute Gasteiger partial charge is 0.449 e. The number of fused-ring (bicyclic) bond motifs is 1. The maximum absolute atomic E-state index is 11.8. The molecule has 3 heterocycles. The molecule has 0 aliphatic carbocycles. The van der Waals surface area contributed by atoms with E-state index in [1.54, 1.807) is 17.0 Å². The van der Waals surface area contributed by atoms with E-state index in [1.807, 2.05) is 5.38 Å². The van der Waals surface area contributed by atoms with Crippen LogP contribution in [-0.4, -0.2) is 37.7 Å². The van der Waals surface area contributed by atoms with Gasteiger partial charge in [0.1, 0.15) is 6.61 Å². The van der Waals surface area contributed by atoms with Crippen molar-refractivity contribution in [3.05, 3.63) is 22.4 Å². The molecular formula is C16H23N2O3S+. The molecular weight excluding hydrogens is 300 g/mol. The average molecular weight is 323 g/mol. The van der Waals surface area contributed by atoms with Gasteiger partial charge in [-0.15, -0.1) is 11.3 Å². The van der Waals surface area contributed by atoms with Crippen molar-refractivity contribution in [2.75, 3.05) is 19.7 Å². The Bertz CT molecular complexity index is 515. The lowest BCUT2D eigenvalue weighted by Crippen LogP contribution is -3.18. The third kappa shape index (κ3) is 3.67. The monoisotopic (exact) mass is 323 g/mol. The zero-order valence-corrected chi connectivity index (χ0v) is 13.5. The Morgan fingerprint density at radius 1 is 1.27 bits per heavy atom. The van der Waals surface area contributed by atoms with Crippen molar-refractivity contribution in [1.82, 2.24) is 5.32 Å². The maximum atomic E-state index is 11.8. The van der Waals surface area contributed by atoms with E-state index in [-0.39, 0.29) is 5.91 Å². The smallest absolute Gasteiger partial charge is 0.414 e. The minimum atomic E-state index is -0.624. The van der Waals surface area contributed by atoms with E-state index in [0.29, 0.717) is 23.4 Å². The Hall–Kier alpha value is -1.40. The average Bonchev–Trinajstić information content (AvgIpc) is 3.07. The molecule has 120 valence electrons. The molecule has 1 unspecified atom stereocenters. The van der Waals surface area contributed by atoms with Crippen LogP contribution >= 0.6 is 11.3 Å². The van der Waals surface area contributed by atoms with Crippen LogP contribution in [0.1, 0.15) is 41.8 Å². The van der Waals surface area contributed by atoms with Crippen molar-refractivity contribution in [2.45, 2.75) is 38.1 Å². The van der Waals surface area contributed by atoms with Gasteiger partial charge >= 0.3 is 6.09 Å². The van der Waals surface area contributed by atoms with E-state index in [1.165, 1.54) is 50.1 Å². The van der Waals surface area contributed by atoms with Gasteiger partial charge in [-0.05, 0) is 43.6 Å². The highest BCUT2D eigenvalue weighted by Gasteiger charge is 2.37. The number of piperidine rings is 2. The normalized spacial score (nSPS) is 27.7. The minimum Gasteiger partial charge on any atom is -0.449 e. The predicted octanol–water partition coefficient (Wildman–Crippen LogP) is 1.46. The van der Waals surface area contributed by atoms with Crippen LogP contribution in [0.2, 0.25) is 0 Å². The zero-order valence-electron chi connectivity index (χ0n) is 12.7. The van der Waals surface area contributed by atoms with Crippen LogP contribution in [0.15, 0.2) is 17.5 Å². The fourth-order valence-electron chi connectivity index (χ4n) is 3.76. The lowest BCUT2D eigenvalue weighted by Gasteiger charge is -2.40. The molecule has 5 nitrogen and oxygen atoms in total. The second kappa shape index (κ2) is 7.24. The first-order valence-electron chi connectivity index (χ1n) is 8.10. The summed E-state index contributed by atoms with van der Waals surface area (Å²) in [5.41, 5.74) is 0. The molecule has 2 saturated heterocycles. The number of nitrogens with one attached hydrogen (secondary N) is 2. The number of imide groups is 1. The number of amides is 2. The molecule has 2 aliphatic rings. The summed E-state index contributed by atoms with van der Waals surface area (Å²) >= 11 is 1.31. The summed E-state index contributed by atoms with van der Waals surface area (Å²) < 4.78 is 5.32. The van der Waals surface area contributed by atoms with Crippen LogP contribution in [0.3, 0.4) is 0 Å². The van der Waals surface area contributed by atoms with Gasteiger partial charge in [0.15, 0.2) is 0 Å². The fourth-order valence-corrected chi connectivity index (χ4v) is 4.38. The first-order chi connectivity index (χ1) is 10.7. The fraction of sp³-hybridized carbons (Fsp3) is 0.625. The highest BCUT2D eigenvalue weighted by Crippen LogP contribution is 2.20. The van der Waals surface area contributed by atoms with Crippen molar-refractivity contribution >= 4 is 23.3 Å². The van der Waals surface area contributed by atoms with Gasteiger partial charge in [0.05, 0.1) is 24.0 Å². The van der Waals surface area contributed by atoms with Crippen LogP contribution in [-0.2, 0) is 4.74 Å². The summed E-state index contributed by atoms with van der Waals surface area (Å²) in [7, 11) is 0. The first kappa shape index (κ1) is 15.5. The Balaban J connectivity index is 1.47. The number of carbonyl (C=O) groups is 2. The number of hydrogen-bond donors (Lipinski definition) is 2. The third-order valence-corrected chi connectivity index (χ3v) is 5.69. The highest BCUT2D eigenvalue weighted by atomic mass is 32.1. The SMILES string of the molecule is O=C(NC(=O)c1cccs1)OC[C@@H]1CCC[NH+]2CCCC[C@H]12. The van der Waals surface area contributed by atoms with Crippen LogP contribution in [0, 0.1) is 5.92 Å². The van der Waals surface area contributed by atoms with Crippen molar-refractivity contribution in [3.8, 4) is 0 Å². The Morgan fingerprint density at radius 2 is 2.14 bits per heavy atom. The Labute approximate surface area is 134 Å².